The van der Waals surface area contributed by atoms with Gasteiger partial charge in [0.15, 0.2) is 5.17 Å². The average Bonchev–Trinajstić information content (AvgIpc) is 2.68. The Bertz CT molecular complexity index is 984. The number of thioether (sulfide) groups is 1. The molecule has 11 heteroatoms. The second-order valence-electron chi connectivity index (χ2n) is 6.06. The summed E-state index contributed by atoms with van der Waals surface area (Å²) in [6.45, 7) is 0. The van der Waals surface area contributed by atoms with Crippen molar-refractivity contribution < 1.29 is 23.1 Å². The van der Waals surface area contributed by atoms with Crippen LogP contribution < -0.4 is 15.0 Å². The summed E-state index contributed by atoms with van der Waals surface area (Å²) in [5, 5.41) is 2.68. The molecule has 30 heavy (non-hydrogen) atoms. The van der Waals surface area contributed by atoms with Gasteiger partial charge in [0.25, 0.3) is 0 Å². The van der Waals surface area contributed by atoms with Gasteiger partial charge in [0.2, 0.25) is 11.8 Å². The van der Waals surface area contributed by atoms with Gasteiger partial charge in [-0.25, -0.2) is 0 Å². The van der Waals surface area contributed by atoms with Crippen molar-refractivity contribution in [2.24, 2.45) is 4.99 Å². The van der Waals surface area contributed by atoms with Crippen molar-refractivity contribution in [1.29, 1.82) is 0 Å². The SMILES string of the molecule is CN=C1S[C@@H](C(=O)Nc2ccccc2Cl)CC(=O)N1c1ccc(OC(F)(F)Cl)cc1. The van der Waals surface area contributed by atoms with Gasteiger partial charge in [-0.05, 0) is 36.4 Å². The molecule has 1 N–H and O–H groups in total. The first-order valence-corrected chi connectivity index (χ1v) is 10.2. The summed E-state index contributed by atoms with van der Waals surface area (Å²) in [6.07, 6.45) is -0.0853. The number of aliphatic imine (C=N–C) groups is 1. The Morgan fingerprint density at radius 1 is 1.27 bits per heavy atom. The molecule has 3 rings (SSSR count). The number of anilines is 2. The third-order valence-corrected chi connectivity index (χ3v) is 5.64. The molecule has 0 bridgehead atoms. The Labute approximate surface area is 185 Å². The molecule has 1 saturated heterocycles. The number of amides is 2. The largest absolute Gasteiger partial charge is 0.487 e. The van der Waals surface area contributed by atoms with Gasteiger partial charge in [-0.2, -0.15) is 0 Å². The molecule has 0 aliphatic carbocycles. The van der Waals surface area contributed by atoms with Gasteiger partial charge in [0, 0.05) is 25.1 Å². The predicted molar refractivity (Wildman–Crippen MR) is 115 cm³/mol. The van der Waals surface area contributed by atoms with Crippen LogP contribution in [0.1, 0.15) is 6.42 Å². The fourth-order valence-corrected chi connectivity index (χ4v) is 4.04. The molecule has 0 unspecified atom stereocenters. The maximum atomic E-state index is 12.8. The number of hydrogen-bond donors (Lipinski definition) is 1. The Morgan fingerprint density at radius 3 is 2.53 bits per heavy atom. The Morgan fingerprint density at radius 2 is 1.93 bits per heavy atom. The molecule has 2 aromatic rings. The van der Waals surface area contributed by atoms with Crippen LogP contribution in [0.3, 0.4) is 0 Å². The predicted octanol–water partition coefficient (Wildman–Crippen LogP) is 4.97. The molecule has 158 valence electrons. The van der Waals surface area contributed by atoms with E-state index in [4.69, 9.17) is 23.2 Å². The Hall–Kier alpha value is -2.36. The summed E-state index contributed by atoms with van der Waals surface area (Å²) in [7, 11) is 1.49. The Kier molecular flexibility index (Phi) is 6.84. The van der Waals surface area contributed by atoms with Crippen molar-refractivity contribution in [2.45, 2.75) is 17.2 Å². The van der Waals surface area contributed by atoms with E-state index in [-0.39, 0.29) is 24.0 Å². The maximum absolute atomic E-state index is 12.8. The number of nitrogens with one attached hydrogen (secondary N) is 1. The first-order chi connectivity index (χ1) is 14.2. The third kappa shape index (κ3) is 5.41. The number of ether oxygens (including phenoxy) is 1. The van der Waals surface area contributed by atoms with Crippen molar-refractivity contribution >= 4 is 63.3 Å². The zero-order valence-corrected chi connectivity index (χ0v) is 17.8. The standard InChI is InChI=1S/C19H15Cl2F2N3O3S/c1-24-18-26(11-6-8-12(9-7-11)29-19(21,22)23)16(27)10-15(30-18)17(28)25-14-5-3-2-4-13(14)20/h2-9,15H,10H2,1H3,(H,25,28)/t15-/m1/s1. The van der Waals surface area contributed by atoms with E-state index in [0.717, 1.165) is 11.8 Å². The monoisotopic (exact) mass is 473 g/mol. The second kappa shape index (κ2) is 9.20. The van der Waals surface area contributed by atoms with E-state index in [1.54, 1.807) is 24.3 Å². The van der Waals surface area contributed by atoms with Gasteiger partial charge in [0.05, 0.1) is 16.4 Å². The summed E-state index contributed by atoms with van der Waals surface area (Å²) < 4.78 is 29.8. The third-order valence-electron chi connectivity index (χ3n) is 3.99. The summed E-state index contributed by atoms with van der Waals surface area (Å²) in [5.41, 5.74) is -3.00. The average molecular weight is 474 g/mol. The van der Waals surface area contributed by atoms with Crippen LogP contribution >= 0.6 is 35.0 Å². The van der Waals surface area contributed by atoms with E-state index in [0.29, 0.717) is 21.6 Å². The lowest BCUT2D eigenvalue weighted by molar-refractivity contribution is -0.121. The van der Waals surface area contributed by atoms with E-state index in [1.807, 2.05) is 0 Å². The topological polar surface area (TPSA) is 71.0 Å². The molecule has 1 atom stereocenters. The molecule has 0 saturated carbocycles. The highest BCUT2D eigenvalue weighted by atomic mass is 35.5. The van der Waals surface area contributed by atoms with Crippen LogP contribution in [0, 0.1) is 0 Å². The molecule has 6 nitrogen and oxygen atoms in total. The van der Waals surface area contributed by atoms with Crippen molar-refractivity contribution in [3.63, 3.8) is 0 Å². The number of halogens is 4. The van der Waals surface area contributed by atoms with Crippen LogP contribution in [0.5, 0.6) is 5.75 Å². The van der Waals surface area contributed by atoms with Crippen LogP contribution in [0.4, 0.5) is 20.2 Å². The fraction of sp³-hybridized carbons (Fsp3) is 0.211. The summed E-state index contributed by atoms with van der Waals surface area (Å²) >= 11 is 11.9. The van der Waals surface area contributed by atoms with Gasteiger partial charge in [-0.1, -0.05) is 35.5 Å². The second-order valence-corrected chi connectivity index (χ2v) is 8.07. The molecule has 1 aliphatic rings. The van der Waals surface area contributed by atoms with Crippen molar-refractivity contribution in [2.75, 3.05) is 17.3 Å². The molecular weight excluding hydrogens is 459 g/mol. The number of para-hydroxylation sites is 1. The number of alkyl halides is 3. The molecule has 2 amide bonds. The van der Waals surface area contributed by atoms with Crippen molar-refractivity contribution in [1.82, 2.24) is 0 Å². The lowest BCUT2D eigenvalue weighted by Crippen LogP contribution is -2.45. The zero-order valence-electron chi connectivity index (χ0n) is 15.4. The highest BCUT2D eigenvalue weighted by molar-refractivity contribution is 8.15. The van der Waals surface area contributed by atoms with Gasteiger partial charge in [-0.3, -0.25) is 19.5 Å². The number of hydrogen-bond acceptors (Lipinski definition) is 5. The lowest BCUT2D eigenvalue weighted by atomic mass is 10.2. The van der Waals surface area contributed by atoms with E-state index >= 15 is 0 Å². The van der Waals surface area contributed by atoms with Crippen molar-refractivity contribution in [3.8, 4) is 5.75 Å². The minimum absolute atomic E-state index is 0.0853. The fourth-order valence-electron chi connectivity index (χ4n) is 2.70. The minimum atomic E-state index is -3.84. The Balaban J connectivity index is 1.74. The number of nitrogens with zero attached hydrogens (tertiary/aromatic N) is 2. The zero-order chi connectivity index (χ0) is 21.9. The normalized spacial score (nSPS) is 18.4. The van der Waals surface area contributed by atoms with Gasteiger partial charge in [-0.15, -0.1) is 8.78 Å². The summed E-state index contributed by atoms with van der Waals surface area (Å²) in [4.78, 5) is 30.8. The number of amidine groups is 1. The highest BCUT2D eigenvalue weighted by Gasteiger charge is 2.36. The molecule has 0 aromatic heterocycles. The molecule has 2 aromatic carbocycles. The number of carbonyl (C=O) groups excluding carboxylic acids is 2. The van der Waals surface area contributed by atoms with E-state index in [1.165, 1.54) is 36.2 Å². The van der Waals surface area contributed by atoms with Gasteiger partial charge in [0.1, 0.15) is 11.0 Å². The van der Waals surface area contributed by atoms with Crippen LogP contribution in [-0.2, 0) is 9.59 Å². The number of rotatable bonds is 5. The first-order valence-electron chi connectivity index (χ1n) is 8.55. The van der Waals surface area contributed by atoms with Gasteiger partial charge < -0.3 is 10.1 Å². The van der Waals surface area contributed by atoms with E-state index < -0.39 is 10.8 Å². The van der Waals surface area contributed by atoms with Crippen LogP contribution in [0.15, 0.2) is 53.5 Å². The molecular formula is C19H15Cl2F2N3O3S. The summed E-state index contributed by atoms with van der Waals surface area (Å²) in [6, 6.07) is 12.1. The quantitative estimate of drug-likeness (QED) is 0.622. The lowest BCUT2D eigenvalue weighted by Gasteiger charge is -2.31. The van der Waals surface area contributed by atoms with Crippen LogP contribution in [0.25, 0.3) is 0 Å². The van der Waals surface area contributed by atoms with E-state index in [9.17, 15) is 18.4 Å². The molecule has 1 aliphatic heterocycles. The van der Waals surface area contributed by atoms with E-state index in [2.05, 4.69) is 15.0 Å². The maximum Gasteiger partial charge on any atom is 0.487 e. The summed E-state index contributed by atoms with van der Waals surface area (Å²) in [5.74, 6) is -0.914. The number of benzene rings is 2. The number of carbonyl (C=O) groups is 2. The molecule has 1 heterocycles. The van der Waals surface area contributed by atoms with Gasteiger partial charge >= 0.3 is 5.57 Å². The van der Waals surface area contributed by atoms with Crippen molar-refractivity contribution in [3.05, 3.63) is 53.6 Å². The molecule has 0 spiro atoms. The first kappa shape index (κ1) is 22.3. The van der Waals surface area contributed by atoms with Crippen LogP contribution in [-0.4, -0.2) is 34.8 Å². The molecule has 1 fully saturated rings. The molecule has 0 radical (unpaired) electrons. The highest BCUT2D eigenvalue weighted by Crippen LogP contribution is 2.33. The minimum Gasteiger partial charge on any atom is -0.420 e. The smallest absolute Gasteiger partial charge is 0.420 e. The van der Waals surface area contributed by atoms with Crippen LogP contribution in [0.2, 0.25) is 5.02 Å².